The predicted molar refractivity (Wildman–Crippen MR) is 107 cm³/mol. The lowest BCUT2D eigenvalue weighted by Crippen LogP contribution is -1.98. The van der Waals surface area contributed by atoms with Crippen molar-refractivity contribution in [1.82, 2.24) is 0 Å². The Morgan fingerprint density at radius 2 is 0.727 bits per heavy atom. The number of unbranched alkanes of at least 4 members (excludes halogenated alkanes) is 14. The average molecular weight is 329 g/mol. The van der Waals surface area contributed by atoms with Gasteiger partial charge in [0, 0.05) is 5.25 Å². The Morgan fingerprint density at radius 1 is 0.455 bits per heavy atom. The highest BCUT2D eigenvalue weighted by Gasteiger charge is 2.02. The van der Waals surface area contributed by atoms with Crippen LogP contribution in [0.3, 0.4) is 0 Å². The lowest BCUT2D eigenvalue weighted by Gasteiger charge is -2.10. The summed E-state index contributed by atoms with van der Waals surface area (Å²) in [5.41, 5.74) is 0. The standard InChI is InChI=1S/C21H44S/c1-3-5-7-9-11-12-13-14-16-18-20-21(22)19-17-15-10-8-6-4-2/h21-22H,3-20H2,1-2H3. The van der Waals surface area contributed by atoms with E-state index in [1.54, 1.807) is 0 Å². The fourth-order valence-electron chi connectivity index (χ4n) is 3.17. The topological polar surface area (TPSA) is 0 Å². The Kier molecular flexibility index (Phi) is 19.7. The Balaban J connectivity index is 3.10. The molecule has 0 aromatic rings. The molecule has 0 amide bonds. The molecule has 0 aromatic heterocycles. The second-order valence-electron chi connectivity index (χ2n) is 7.18. The fourth-order valence-corrected chi connectivity index (χ4v) is 3.54. The molecule has 1 unspecified atom stereocenters. The normalized spacial score (nSPS) is 12.7. The summed E-state index contributed by atoms with van der Waals surface area (Å²) in [6.07, 6.45) is 25.5. The van der Waals surface area contributed by atoms with Gasteiger partial charge < -0.3 is 0 Å². The first-order valence-electron chi connectivity index (χ1n) is 10.5. The van der Waals surface area contributed by atoms with E-state index in [9.17, 15) is 0 Å². The van der Waals surface area contributed by atoms with Crippen molar-refractivity contribution in [3.8, 4) is 0 Å². The van der Waals surface area contributed by atoms with Gasteiger partial charge in [-0.25, -0.2) is 0 Å². The number of hydrogen-bond acceptors (Lipinski definition) is 1. The molecule has 0 nitrogen and oxygen atoms in total. The molecule has 0 aromatic carbocycles. The van der Waals surface area contributed by atoms with E-state index in [0.29, 0.717) is 5.25 Å². The molecule has 1 atom stereocenters. The molecule has 0 rings (SSSR count). The molecule has 0 saturated heterocycles. The van der Waals surface area contributed by atoms with Crippen LogP contribution in [0.2, 0.25) is 0 Å². The van der Waals surface area contributed by atoms with Gasteiger partial charge in [-0.15, -0.1) is 0 Å². The van der Waals surface area contributed by atoms with Gasteiger partial charge in [-0.1, -0.05) is 117 Å². The van der Waals surface area contributed by atoms with Gasteiger partial charge in [0.25, 0.3) is 0 Å². The van der Waals surface area contributed by atoms with Crippen LogP contribution in [0.1, 0.15) is 129 Å². The smallest absolute Gasteiger partial charge is 0.00168 e. The first kappa shape index (κ1) is 22.4. The van der Waals surface area contributed by atoms with Gasteiger partial charge in [-0.3, -0.25) is 0 Å². The largest absolute Gasteiger partial charge is 0.176 e. The van der Waals surface area contributed by atoms with Crippen LogP contribution in [0.15, 0.2) is 0 Å². The second-order valence-corrected chi connectivity index (χ2v) is 7.91. The zero-order valence-electron chi connectivity index (χ0n) is 15.8. The van der Waals surface area contributed by atoms with Crippen molar-refractivity contribution in [1.29, 1.82) is 0 Å². The van der Waals surface area contributed by atoms with Crippen LogP contribution in [0.5, 0.6) is 0 Å². The Bertz CT molecular complexity index is 190. The molecule has 22 heavy (non-hydrogen) atoms. The average Bonchev–Trinajstić information content (AvgIpc) is 2.52. The van der Waals surface area contributed by atoms with Crippen LogP contribution in [0.4, 0.5) is 0 Å². The lowest BCUT2D eigenvalue weighted by atomic mass is 10.0. The van der Waals surface area contributed by atoms with E-state index in [-0.39, 0.29) is 0 Å². The SMILES string of the molecule is CCCCCCCCCCCCC(S)CCCCCCCC. The van der Waals surface area contributed by atoms with Crippen molar-refractivity contribution in [3.05, 3.63) is 0 Å². The summed E-state index contributed by atoms with van der Waals surface area (Å²) >= 11 is 4.76. The van der Waals surface area contributed by atoms with Crippen molar-refractivity contribution < 1.29 is 0 Å². The monoisotopic (exact) mass is 328 g/mol. The molecule has 0 aliphatic heterocycles. The predicted octanol–water partition coefficient (Wildman–Crippen LogP) is 8.35. The molecule has 0 bridgehead atoms. The van der Waals surface area contributed by atoms with E-state index in [2.05, 4.69) is 13.8 Å². The van der Waals surface area contributed by atoms with Crippen molar-refractivity contribution in [2.24, 2.45) is 0 Å². The molecule has 0 fully saturated rings. The van der Waals surface area contributed by atoms with Gasteiger partial charge in [0.15, 0.2) is 0 Å². The van der Waals surface area contributed by atoms with Crippen LogP contribution in [0.25, 0.3) is 0 Å². The number of hydrogen-bond donors (Lipinski definition) is 1. The van der Waals surface area contributed by atoms with Gasteiger partial charge in [0.1, 0.15) is 0 Å². The molecular formula is C21H44S. The molecule has 0 N–H and O–H groups in total. The van der Waals surface area contributed by atoms with E-state index in [1.165, 1.54) is 116 Å². The fraction of sp³-hybridized carbons (Fsp3) is 1.00. The van der Waals surface area contributed by atoms with Crippen LogP contribution in [-0.4, -0.2) is 5.25 Å². The summed E-state index contributed by atoms with van der Waals surface area (Å²) in [4.78, 5) is 0. The van der Waals surface area contributed by atoms with E-state index in [4.69, 9.17) is 12.6 Å². The summed E-state index contributed by atoms with van der Waals surface area (Å²) in [6, 6.07) is 0. The van der Waals surface area contributed by atoms with E-state index in [1.807, 2.05) is 0 Å². The van der Waals surface area contributed by atoms with Gasteiger partial charge in [0.05, 0.1) is 0 Å². The quantitative estimate of drug-likeness (QED) is 0.190. The maximum absolute atomic E-state index is 4.76. The summed E-state index contributed by atoms with van der Waals surface area (Å²) in [7, 11) is 0. The van der Waals surface area contributed by atoms with Gasteiger partial charge in [0.2, 0.25) is 0 Å². The van der Waals surface area contributed by atoms with E-state index in [0.717, 1.165) is 0 Å². The third kappa shape index (κ3) is 18.4. The van der Waals surface area contributed by atoms with Gasteiger partial charge in [-0.05, 0) is 12.8 Å². The zero-order chi connectivity index (χ0) is 16.3. The Hall–Kier alpha value is 0.350. The van der Waals surface area contributed by atoms with Crippen LogP contribution < -0.4 is 0 Å². The van der Waals surface area contributed by atoms with Crippen molar-refractivity contribution in [3.63, 3.8) is 0 Å². The highest BCUT2D eigenvalue weighted by Crippen LogP contribution is 2.18. The molecule has 0 aliphatic rings. The maximum Gasteiger partial charge on any atom is 0.00168 e. The molecule has 1 heteroatoms. The summed E-state index contributed by atoms with van der Waals surface area (Å²) < 4.78 is 0. The summed E-state index contributed by atoms with van der Waals surface area (Å²) in [5, 5.41) is 0.667. The zero-order valence-corrected chi connectivity index (χ0v) is 16.6. The van der Waals surface area contributed by atoms with Crippen molar-refractivity contribution >= 4 is 12.6 Å². The lowest BCUT2D eigenvalue weighted by molar-refractivity contribution is 0.531. The number of thiol groups is 1. The minimum Gasteiger partial charge on any atom is -0.176 e. The minimum atomic E-state index is 0.667. The molecular weight excluding hydrogens is 284 g/mol. The number of rotatable bonds is 18. The first-order valence-corrected chi connectivity index (χ1v) is 11.0. The van der Waals surface area contributed by atoms with E-state index < -0.39 is 0 Å². The van der Waals surface area contributed by atoms with Crippen LogP contribution in [-0.2, 0) is 0 Å². The minimum absolute atomic E-state index is 0.667. The van der Waals surface area contributed by atoms with Crippen LogP contribution in [0, 0.1) is 0 Å². The van der Waals surface area contributed by atoms with Crippen LogP contribution >= 0.6 is 12.6 Å². The Labute approximate surface area is 147 Å². The molecule has 0 radical (unpaired) electrons. The highest BCUT2D eigenvalue weighted by atomic mass is 32.1. The second kappa shape index (κ2) is 19.4. The summed E-state index contributed by atoms with van der Waals surface area (Å²) in [5.74, 6) is 0. The Morgan fingerprint density at radius 3 is 1.05 bits per heavy atom. The third-order valence-corrected chi connectivity index (χ3v) is 5.30. The van der Waals surface area contributed by atoms with Crippen molar-refractivity contribution in [2.45, 2.75) is 135 Å². The molecule has 134 valence electrons. The highest BCUT2D eigenvalue weighted by molar-refractivity contribution is 7.80. The molecule has 0 saturated carbocycles. The summed E-state index contributed by atoms with van der Waals surface area (Å²) in [6.45, 7) is 4.58. The van der Waals surface area contributed by atoms with Gasteiger partial charge >= 0.3 is 0 Å². The third-order valence-electron chi connectivity index (χ3n) is 4.78. The van der Waals surface area contributed by atoms with Gasteiger partial charge in [-0.2, -0.15) is 12.6 Å². The first-order chi connectivity index (χ1) is 10.8. The molecule has 0 spiro atoms. The molecule has 0 aliphatic carbocycles. The van der Waals surface area contributed by atoms with Crippen molar-refractivity contribution in [2.75, 3.05) is 0 Å². The maximum atomic E-state index is 4.76. The van der Waals surface area contributed by atoms with E-state index >= 15 is 0 Å². The molecule has 0 heterocycles.